The van der Waals surface area contributed by atoms with Crippen molar-refractivity contribution in [1.29, 1.82) is 0 Å². The highest BCUT2D eigenvalue weighted by atomic mass is 32.2. The highest BCUT2D eigenvalue weighted by Gasteiger charge is 2.19. The lowest BCUT2D eigenvalue weighted by atomic mass is 10.1. The van der Waals surface area contributed by atoms with Gasteiger partial charge in [0.2, 0.25) is 5.91 Å². The maximum Gasteiger partial charge on any atom is 0.316 e. The predicted molar refractivity (Wildman–Crippen MR) is 99.2 cm³/mol. The van der Waals surface area contributed by atoms with Crippen molar-refractivity contribution in [2.75, 3.05) is 12.4 Å². The molecule has 0 unspecified atom stereocenters. The van der Waals surface area contributed by atoms with Crippen LogP contribution >= 0.6 is 0 Å². The molecule has 1 amide bonds. The van der Waals surface area contributed by atoms with Crippen molar-refractivity contribution in [1.82, 2.24) is 9.97 Å². The number of anilines is 1. The molecule has 7 nitrogen and oxygen atoms in total. The average Bonchev–Trinajstić information content (AvgIpc) is 2.58. The van der Waals surface area contributed by atoms with E-state index in [-0.39, 0.29) is 23.2 Å². The average molecular weight is 377 g/mol. The number of benzene rings is 1. The molecular formula is C18H23N3O4S. The number of sulfone groups is 1. The van der Waals surface area contributed by atoms with Crippen LogP contribution in [0.15, 0.2) is 29.2 Å². The lowest BCUT2D eigenvalue weighted by Crippen LogP contribution is -2.17. The Labute approximate surface area is 153 Å². The second kappa shape index (κ2) is 7.82. The van der Waals surface area contributed by atoms with Crippen molar-refractivity contribution in [2.24, 2.45) is 0 Å². The van der Waals surface area contributed by atoms with Crippen molar-refractivity contribution in [3.8, 4) is 6.01 Å². The molecule has 2 aromatic rings. The van der Waals surface area contributed by atoms with Crippen LogP contribution in [0.3, 0.4) is 0 Å². The van der Waals surface area contributed by atoms with Gasteiger partial charge in [-0.15, -0.1) is 0 Å². The number of amides is 1. The first-order chi connectivity index (χ1) is 12.1. The van der Waals surface area contributed by atoms with Crippen molar-refractivity contribution in [2.45, 2.75) is 44.3 Å². The molecular weight excluding hydrogens is 354 g/mol. The van der Waals surface area contributed by atoms with Crippen molar-refractivity contribution >= 4 is 21.4 Å². The topological polar surface area (TPSA) is 98.2 Å². The summed E-state index contributed by atoms with van der Waals surface area (Å²) in [4.78, 5) is 20.9. The van der Waals surface area contributed by atoms with Gasteiger partial charge < -0.3 is 10.1 Å². The van der Waals surface area contributed by atoms with Crippen LogP contribution in [-0.2, 0) is 21.1 Å². The summed E-state index contributed by atoms with van der Waals surface area (Å²) in [5, 5.41) is 2.32. The zero-order valence-electron chi connectivity index (χ0n) is 15.5. The molecule has 8 heteroatoms. The van der Waals surface area contributed by atoms with Crippen LogP contribution in [-0.4, -0.2) is 36.7 Å². The first kappa shape index (κ1) is 19.8. The van der Waals surface area contributed by atoms with Gasteiger partial charge in [-0.05, 0) is 45.4 Å². The third-order valence-corrected chi connectivity index (χ3v) is 6.10. The van der Waals surface area contributed by atoms with Gasteiger partial charge in [-0.3, -0.25) is 4.79 Å². The number of nitrogens with one attached hydrogen (secondary N) is 1. The number of hydrogen-bond donors (Lipinski definition) is 1. The molecule has 0 atom stereocenters. The maximum atomic E-state index is 12.3. The number of carbonyl (C=O) groups is 1. The Morgan fingerprint density at radius 2 is 1.65 bits per heavy atom. The van der Waals surface area contributed by atoms with E-state index in [1.807, 2.05) is 0 Å². The Morgan fingerprint density at radius 3 is 2.12 bits per heavy atom. The Bertz CT molecular complexity index is 884. The normalized spacial score (nSPS) is 11.5. The molecule has 0 aliphatic carbocycles. The van der Waals surface area contributed by atoms with Gasteiger partial charge in [0.05, 0.1) is 40.8 Å². The SMILES string of the molecule is COc1nc(C)c(NC(=O)Cc2ccc(S(=O)(=O)C(C)C)cc2)c(C)n1. The standard InChI is InChI=1S/C18H23N3O4S/c1-11(2)26(23,24)15-8-6-14(7-9-15)10-16(22)21-17-12(3)19-18(25-5)20-13(17)4/h6-9,11H,10H2,1-5H3,(H,21,22). The summed E-state index contributed by atoms with van der Waals surface area (Å²) in [5.74, 6) is -0.232. The summed E-state index contributed by atoms with van der Waals surface area (Å²) in [7, 11) is -1.84. The van der Waals surface area contributed by atoms with E-state index in [0.717, 1.165) is 5.56 Å². The number of nitrogens with zero attached hydrogens (tertiary/aromatic N) is 2. The zero-order valence-corrected chi connectivity index (χ0v) is 16.3. The van der Waals surface area contributed by atoms with Crippen LogP contribution < -0.4 is 10.1 Å². The number of hydrogen-bond acceptors (Lipinski definition) is 6. The van der Waals surface area contributed by atoms with Crippen LogP contribution in [0.5, 0.6) is 6.01 Å². The molecule has 140 valence electrons. The third kappa shape index (κ3) is 4.37. The molecule has 0 fully saturated rings. The van der Waals surface area contributed by atoms with Crippen molar-refractivity contribution in [3.63, 3.8) is 0 Å². The van der Waals surface area contributed by atoms with Gasteiger partial charge in [-0.2, -0.15) is 9.97 Å². The lowest BCUT2D eigenvalue weighted by molar-refractivity contribution is -0.115. The molecule has 1 N–H and O–H groups in total. The van der Waals surface area contributed by atoms with Gasteiger partial charge in [-0.1, -0.05) is 12.1 Å². The molecule has 0 spiro atoms. The van der Waals surface area contributed by atoms with E-state index in [4.69, 9.17) is 4.74 Å². The molecule has 0 radical (unpaired) electrons. The van der Waals surface area contributed by atoms with Crippen molar-refractivity contribution < 1.29 is 17.9 Å². The minimum atomic E-state index is -3.32. The summed E-state index contributed by atoms with van der Waals surface area (Å²) in [6, 6.07) is 6.62. The summed E-state index contributed by atoms with van der Waals surface area (Å²) >= 11 is 0. The zero-order chi connectivity index (χ0) is 19.5. The molecule has 1 heterocycles. The van der Waals surface area contributed by atoms with E-state index in [0.29, 0.717) is 17.1 Å². The van der Waals surface area contributed by atoms with Gasteiger partial charge in [-0.25, -0.2) is 8.42 Å². The van der Waals surface area contributed by atoms with Crippen LogP contribution in [0.1, 0.15) is 30.8 Å². The highest BCUT2D eigenvalue weighted by Crippen LogP contribution is 2.20. The molecule has 0 bridgehead atoms. The van der Waals surface area contributed by atoms with Crippen LogP contribution in [0.25, 0.3) is 0 Å². The predicted octanol–water partition coefficient (Wildman–Crippen LogP) is 2.47. The summed E-state index contributed by atoms with van der Waals surface area (Å²) in [6.07, 6.45) is 0.118. The fourth-order valence-electron chi connectivity index (χ4n) is 2.40. The van der Waals surface area contributed by atoms with Gasteiger partial charge in [0, 0.05) is 0 Å². The second-order valence-corrected chi connectivity index (χ2v) is 8.72. The number of ether oxygens (including phenoxy) is 1. The Hall–Kier alpha value is -2.48. The van der Waals surface area contributed by atoms with E-state index >= 15 is 0 Å². The maximum absolute atomic E-state index is 12.3. The first-order valence-electron chi connectivity index (χ1n) is 8.17. The molecule has 26 heavy (non-hydrogen) atoms. The van der Waals surface area contributed by atoms with Crippen LogP contribution in [0.2, 0.25) is 0 Å². The third-order valence-electron chi connectivity index (χ3n) is 3.93. The van der Waals surface area contributed by atoms with E-state index in [9.17, 15) is 13.2 Å². The number of aryl methyl sites for hydroxylation is 2. The number of carbonyl (C=O) groups excluding carboxylic acids is 1. The smallest absolute Gasteiger partial charge is 0.316 e. The molecule has 0 saturated carbocycles. The van der Waals surface area contributed by atoms with Crippen LogP contribution in [0.4, 0.5) is 5.69 Å². The number of rotatable bonds is 6. The molecule has 1 aromatic carbocycles. The fraction of sp³-hybridized carbons (Fsp3) is 0.389. The van der Waals surface area contributed by atoms with Gasteiger partial charge in [0.1, 0.15) is 0 Å². The molecule has 1 aromatic heterocycles. The highest BCUT2D eigenvalue weighted by molar-refractivity contribution is 7.92. The summed E-state index contributed by atoms with van der Waals surface area (Å²) in [5.41, 5.74) is 2.49. The monoisotopic (exact) mass is 377 g/mol. The molecule has 2 rings (SSSR count). The molecule has 0 saturated heterocycles. The Kier molecular flexibility index (Phi) is 5.97. The summed E-state index contributed by atoms with van der Waals surface area (Å²) < 4.78 is 29.3. The largest absolute Gasteiger partial charge is 0.467 e. The second-order valence-electron chi connectivity index (χ2n) is 6.22. The Balaban J connectivity index is 2.12. The van der Waals surface area contributed by atoms with Crippen molar-refractivity contribution in [3.05, 3.63) is 41.2 Å². The number of aromatic nitrogens is 2. The van der Waals surface area contributed by atoms with Crippen LogP contribution in [0, 0.1) is 13.8 Å². The first-order valence-corrected chi connectivity index (χ1v) is 9.71. The summed E-state index contributed by atoms with van der Waals surface area (Å²) in [6.45, 7) is 6.80. The molecule has 0 aliphatic rings. The Morgan fingerprint density at radius 1 is 1.12 bits per heavy atom. The lowest BCUT2D eigenvalue weighted by Gasteiger charge is -2.12. The van der Waals surface area contributed by atoms with E-state index < -0.39 is 15.1 Å². The van der Waals surface area contributed by atoms with Gasteiger partial charge in [0.25, 0.3) is 0 Å². The number of methoxy groups -OCH3 is 1. The fourth-order valence-corrected chi connectivity index (χ4v) is 3.46. The van der Waals surface area contributed by atoms with E-state index in [1.165, 1.54) is 19.2 Å². The minimum Gasteiger partial charge on any atom is -0.467 e. The van der Waals surface area contributed by atoms with E-state index in [1.54, 1.807) is 39.8 Å². The van der Waals surface area contributed by atoms with Gasteiger partial charge in [0.15, 0.2) is 9.84 Å². The molecule has 0 aliphatic heterocycles. The minimum absolute atomic E-state index is 0.118. The quantitative estimate of drug-likeness (QED) is 0.830. The van der Waals surface area contributed by atoms with E-state index in [2.05, 4.69) is 15.3 Å². The van der Waals surface area contributed by atoms with Gasteiger partial charge >= 0.3 is 6.01 Å².